The highest BCUT2D eigenvalue weighted by Gasteiger charge is 2.49. The highest BCUT2D eigenvalue weighted by molar-refractivity contribution is 9.10. The fourth-order valence-electron chi connectivity index (χ4n) is 1.39. The van der Waals surface area contributed by atoms with E-state index in [2.05, 4.69) is 20.7 Å². The van der Waals surface area contributed by atoms with E-state index in [-0.39, 0.29) is 12.2 Å². The number of esters is 1. The number of ether oxygens (including phenoxy) is 1. The topological polar surface area (TPSA) is 46.5 Å². The van der Waals surface area contributed by atoms with Gasteiger partial charge in [0.05, 0.1) is 6.61 Å². The molecule has 1 rings (SSSR count). The third kappa shape index (κ3) is 3.05. The summed E-state index contributed by atoms with van der Waals surface area (Å²) in [4.78, 5) is 11.1. The second kappa shape index (κ2) is 5.75. The van der Waals surface area contributed by atoms with E-state index >= 15 is 0 Å². The van der Waals surface area contributed by atoms with Crippen LogP contribution in [0.4, 0.5) is 8.78 Å². The first kappa shape index (κ1) is 15.0. The Balaban J connectivity index is 3.05. The van der Waals surface area contributed by atoms with Crippen LogP contribution in [0, 0.1) is 6.92 Å². The van der Waals surface area contributed by atoms with E-state index in [1.165, 1.54) is 13.0 Å². The maximum Gasteiger partial charge on any atom is 0.380 e. The van der Waals surface area contributed by atoms with Gasteiger partial charge in [-0.3, -0.25) is 0 Å². The van der Waals surface area contributed by atoms with Crippen molar-refractivity contribution in [2.45, 2.75) is 25.9 Å². The van der Waals surface area contributed by atoms with Crippen LogP contribution in [0.5, 0.6) is 0 Å². The van der Waals surface area contributed by atoms with Gasteiger partial charge in [0.2, 0.25) is 0 Å². The van der Waals surface area contributed by atoms with Gasteiger partial charge < -0.3 is 9.84 Å². The molecular weight excluding hydrogens is 310 g/mol. The van der Waals surface area contributed by atoms with Crippen LogP contribution in [-0.2, 0) is 9.53 Å². The minimum absolute atomic E-state index is 0.0568. The second-order valence-corrected chi connectivity index (χ2v) is 4.63. The number of aliphatic hydroxyl groups excluding tert-OH is 1. The van der Waals surface area contributed by atoms with E-state index < -0.39 is 18.0 Å². The molecule has 0 aliphatic carbocycles. The van der Waals surface area contributed by atoms with Crippen LogP contribution in [0.3, 0.4) is 0 Å². The van der Waals surface area contributed by atoms with Crippen LogP contribution in [0.1, 0.15) is 24.2 Å². The highest BCUT2D eigenvalue weighted by atomic mass is 79.9. The van der Waals surface area contributed by atoms with Crippen molar-refractivity contribution in [1.29, 1.82) is 0 Å². The van der Waals surface area contributed by atoms with Gasteiger partial charge in [-0.2, -0.15) is 8.78 Å². The fourth-order valence-corrected chi connectivity index (χ4v) is 2.10. The minimum Gasteiger partial charge on any atom is -0.461 e. The molecule has 0 spiro atoms. The van der Waals surface area contributed by atoms with Crippen LogP contribution in [0.2, 0.25) is 0 Å². The van der Waals surface area contributed by atoms with Crippen LogP contribution >= 0.6 is 15.9 Å². The third-order valence-corrected chi connectivity index (χ3v) is 3.03. The number of aliphatic hydroxyl groups is 1. The molecule has 1 unspecified atom stereocenters. The Morgan fingerprint density at radius 2 is 2.17 bits per heavy atom. The van der Waals surface area contributed by atoms with Gasteiger partial charge in [-0.25, -0.2) is 4.79 Å². The van der Waals surface area contributed by atoms with Gasteiger partial charge in [-0.15, -0.1) is 0 Å². The SMILES string of the molecule is CCOC(=O)C(F)(F)C(O)c1ccc(C)cc1Br. The normalized spacial score (nSPS) is 13.2. The van der Waals surface area contributed by atoms with Crippen LogP contribution in [0.25, 0.3) is 0 Å². The Bertz CT molecular complexity index is 449. The number of benzene rings is 1. The first-order valence-corrected chi connectivity index (χ1v) is 6.09. The second-order valence-electron chi connectivity index (χ2n) is 3.77. The first-order chi connectivity index (χ1) is 8.30. The number of alkyl halides is 2. The van der Waals surface area contributed by atoms with Gasteiger partial charge >= 0.3 is 11.9 Å². The van der Waals surface area contributed by atoms with Crippen molar-refractivity contribution < 1.29 is 23.4 Å². The van der Waals surface area contributed by atoms with E-state index in [4.69, 9.17) is 0 Å². The molecule has 0 heterocycles. The van der Waals surface area contributed by atoms with Gasteiger partial charge in [0, 0.05) is 10.0 Å². The Kier molecular flexibility index (Phi) is 4.81. The molecule has 0 aliphatic rings. The summed E-state index contributed by atoms with van der Waals surface area (Å²) in [5.41, 5.74) is 0.788. The standard InChI is InChI=1S/C12H13BrF2O3/c1-3-18-11(17)12(14,15)10(16)8-5-4-7(2)6-9(8)13/h4-6,10,16H,3H2,1-2H3. The molecule has 0 aliphatic heterocycles. The molecule has 1 aromatic carbocycles. The quantitative estimate of drug-likeness (QED) is 0.867. The smallest absolute Gasteiger partial charge is 0.380 e. The number of carbonyl (C=O) groups excluding carboxylic acids is 1. The molecule has 0 saturated heterocycles. The van der Waals surface area contributed by atoms with Gasteiger partial charge in [0.25, 0.3) is 0 Å². The van der Waals surface area contributed by atoms with Crippen molar-refractivity contribution >= 4 is 21.9 Å². The summed E-state index contributed by atoms with van der Waals surface area (Å²) in [5, 5.41) is 9.64. The number of carbonyl (C=O) groups is 1. The van der Waals surface area contributed by atoms with E-state index in [0.717, 1.165) is 5.56 Å². The Labute approximate surface area is 112 Å². The van der Waals surface area contributed by atoms with Crippen LogP contribution in [0.15, 0.2) is 22.7 Å². The minimum atomic E-state index is -3.98. The van der Waals surface area contributed by atoms with E-state index in [0.29, 0.717) is 4.47 Å². The van der Waals surface area contributed by atoms with E-state index in [9.17, 15) is 18.7 Å². The molecule has 0 aromatic heterocycles. The molecule has 0 bridgehead atoms. The van der Waals surface area contributed by atoms with Crippen molar-refractivity contribution in [1.82, 2.24) is 0 Å². The molecule has 100 valence electrons. The molecule has 1 aromatic rings. The van der Waals surface area contributed by atoms with Gasteiger partial charge in [0.1, 0.15) is 0 Å². The highest BCUT2D eigenvalue weighted by Crippen LogP contribution is 2.36. The van der Waals surface area contributed by atoms with Crippen LogP contribution in [-0.4, -0.2) is 23.6 Å². The van der Waals surface area contributed by atoms with Crippen molar-refractivity contribution in [3.8, 4) is 0 Å². The number of rotatable bonds is 4. The molecule has 1 atom stereocenters. The third-order valence-electron chi connectivity index (χ3n) is 2.34. The fraction of sp³-hybridized carbons (Fsp3) is 0.417. The number of halogens is 3. The van der Waals surface area contributed by atoms with Gasteiger partial charge in [-0.05, 0) is 25.5 Å². The monoisotopic (exact) mass is 322 g/mol. The molecule has 0 fully saturated rings. The zero-order valence-corrected chi connectivity index (χ0v) is 11.5. The van der Waals surface area contributed by atoms with Crippen molar-refractivity contribution in [2.24, 2.45) is 0 Å². The predicted octanol–water partition coefficient (Wildman–Crippen LogP) is 2.99. The van der Waals surface area contributed by atoms with E-state index in [1.54, 1.807) is 19.1 Å². The van der Waals surface area contributed by atoms with Crippen molar-refractivity contribution in [3.63, 3.8) is 0 Å². The maximum atomic E-state index is 13.6. The summed E-state index contributed by atoms with van der Waals surface area (Å²) >= 11 is 3.08. The summed E-state index contributed by atoms with van der Waals surface area (Å²) in [6, 6.07) is 4.50. The summed E-state index contributed by atoms with van der Waals surface area (Å²) < 4.78 is 31.8. The van der Waals surface area contributed by atoms with Crippen molar-refractivity contribution in [3.05, 3.63) is 33.8 Å². The Morgan fingerprint density at radius 1 is 1.56 bits per heavy atom. The lowest BCUT2D eigenvalue weighted by Gasteiger charge is -2.21. The molecule has 18 heavy (non-hydrogen) atoms. The summed E-state index contributed by atoms with van der Waals surface area (Å²) in [6.45, 7) is 3.03. The zero-order valence-electron chi connectivity index (χ0n) is 9.91. The summed E-state index contributed by atoms with van der Waals surface area (Å²) in [6.07, 6.45) is -2.24. The maximum absolute atomic E-state index is 13.6. The zero-order chi connectivity index (χ0) is 13.9. The van der Waals surface area contributed by atoms with Gasteiger partial charge in [0.15, 0.2) is 6.10 Å². The molecule has 0 amide bonds. The molecule has 3 nitrogen and oxygen atoms in total. The largest absolute Gasteiger partial charge is 0.461 e. The molecular formula is C12H13BrF2O3. The molecule has 6 heteroatoms. The van der Waals surface area contributed by atoms with E-state index in [1.807, 2.05) is 0 Å². The number of aryl methyl sites for hydroxylation is 1. The molecule has 0 radical (unpaired) electrons. The Hall–Kier alpha value is -1.01. The average Bonchev–Trinajstić information content (AvgIpc) is 2.28. The summed E-state index contributed by atoms with van der Waals surface area (Å²) in [5.74, 6) is -5.71. The number of hydrogen-bond acceptors (Lipinski definition) is 3. The first-order valence-electron chi connectivity index (χ1n) is 5.29. The predicted molar refractivity (Wildman–Crippen MR) is 65.4 cm³/mol. The number of hydrogen-bond donors (Lipinski definition) is 1. The van der Waals surface area contributed by atoms with Crippen LogP contribution < -0.4 is 0 Å². The molecule has 0 saturated carbocycles. The average molecular weight is 323 g/mol. The molecule has 1 N–H and O–H groups in total. The van der Waals surface area contributed by atoms with Gasteiger partial charge in [-0.1, -0.05) is 28.1 Å². The Morgan fingerprint density at radius 3 is 2.67 bits per heavy atom. The van der Waals surface area contributed by atoms with Crippen molar-refractivity contribution in [2.75, 3.05) is 6.61 Å². The lowest BCUT2D eigenvalue weighted by atomic mass is 10.0. The lowest BCUT2D eigenvalue weighted by molar-refractivity contribution is -0.189. The lowest BCUT2D eigenvalue weighted by Crippen LogP contribution is -2.37. The summed E-state index contributed by atoms with van der Waals surface area (Å²) in [7, 11) is 0.